The maximum absolute atomic E-state index is 6.09. The monoisotopic (exact) mass is 325 g/mol. The van der Waals surface area contributed by atoms with Crippen LogP contribution in [-0.4, -0.2) is 13.7 Å². The minimum absolute atomic E-state index is 0.304. The second-order valence-corrected chi connectivity index (χ2v) is 6.42. The van der Waals surface area contributed by atoms with Gasteiger partial charge in [0.25, 0.3) is 0 Å². The number of nitrogens with one attached hydrogen (secondary N) is 1. The normalized spacial score (nSPS) is 18.3. The fraction of sp³-hybridized carbons (Fsp3) is 0.625. The van der Waals surface area contributed by atoms with Crippen LogP contribution in [0.15, 0.2) is 22.7 Å². The molecular formula is C16H24BrNO. The van der Waals surface area contributed by atoms with Gasteiger partial charge in [0.1, 0.15) is 5.75 Å². The summed E-state index contributed by atoms with van der Waals surface area (Å²) in [6, 6.07) is 6.59. The van der Waals surface area contributed by atoms with Crippen LogP contribution in [0.4, 0.5) is 0 Å². The zero-order valence-corrected chi connectivity index (χ0v) is 13.5. The molecule has 1 aliphatic carbocycles. The summed E-state index contributed by atoms with van der Waals surface area (Å²) in [6.07, 6.45) is 6.79. The van der Waals surface area contributed by atoms with Gasteiger partial charge >= 0.3 is 0 Å². The largest absolute Gasteiger partial charge is 0.493 e. The van der Waals surface area contributed by atoms with Gasteiger partial charge in [0.05, 0.1) is 6.61 Å². The molecule has 2 rings (SSSR count). The van der Waals surface area contributed by atoms with Crippen LogP contribution in [0, 0.1) is 5.92 Å². The van der Waals surface area contributed by atoms with Gasteiger partial charge in [-0.1, -0.05) is 35.2 Å². The molecule has 0 amide bonds. The Kier molecular flexibility index (Phi) is 5.71. The van der Waals surface area contributed by atoms with Crippen LogP contribution in [0.3, 0.4) is 0 Å². The number of hydrogen-bond acceptors (Lipinski definition) is 2. The topological polar surface area (TPSA) is 21.3 Å². The van der Waals surface area contributed by atoms with E-state index >= 15 is 0 Å². The van der Waals surface area contributed by atoms with Crippen LogP contribution in [0.5, 0.6) is 5.75 Å². The Balaban J connectivity index is 2.02. The van der Waals surface area contributed by atoms with Crippen molar-refractivity contribution in [2.75, 3.05) is 13.7 Å². The van der Waals surface area contributed by atoms with E-state index in [1.165, 1.54) is 37.7 Å². The van der Waals surface area contributed by atoms with Gasteiger partial charge in [0, 0.05) is 16.1 Å². The number of ether oxygens (including phenoxy) is 1. The van der Waals surface area contributed by atoms with Crippen molar-refractivity contribution in [3.05, 3.63) is 28.2 Å². The number of benzene rings is 1. The highest BCUT2D eigenvalue weighted by molar-refractivity contribution is 9.10. The second-order valence-electron chi connectivity index (χ2n) is 5.51. The molecule has 1 aromatic carbocycles. The molecule has 0 saturated heterocycles. The molecule has 1 aromatic rings. The molecule has 0 spiro atoms. The van der Waals surface area contributed by atoms with Gasteiger partial charge in [-0.25, -0.2) is 0 Å². The van der Waals surface area contributed by atoms with E-state index in [9.17, 15) is 0 Å². The van der Waals surface area contributed by atoms with E-state index in [4.69, 9.17) is 4.74 Å². The molecule has 106 valence electrons. The Morgan fingerprint density at radius 2 is 2.05 bits per heavy atom. The molecule has 1 saturated carbocycles. The lowest BCUT2D eigenvalue weighted by molar-refractivity contribution is 0.206. The molecule has 1 fully saturated rings. The zero-order valence-electron chi connectivity index (χ0n) is 11.9. The molecule has 0 bridgehead atoms. The van der Waals surface area contributed by atoms with Crippen LogP contribution >= 0.6 is 15.9 Å². The van der Waals surface area contributed by atoms with Crippen molar-refractivity contribution in [2.45, 2.75) is 45.1 Å². The average Bonchev–Trinajstić information content (AvgIpc) is 2.46. The summed E-state index contributed by atoms with van der Waals surface area (Å²) in [4.78, 5) is 0. The standard InChI is InChI=1S/C16H24BrNO/c1-12(18-2)15-10-14(17)8-9-16(15)19-11-13-6-4-3-5-7-13/h8-10,12-13,18H,3-7,11H2,1-2H3. The highest BCUT2D eigenvalue weighted by Crippen LogP contribution is 2.30. The number of halogens is 1. The summed E-state index contributed by atoms with van der Waals surface area (Å²) >= 11 is 3.54. The van der Waals surface area contributed by atoms with Gasteiger partial charge in [-0.3, -0.25) is 0 Å². The van der Waals surface area contributed by atoms with Gasteiger partial charge in [-0.2, -0.15) is 0 Å². The molecule has 3 heteroatoms. The van der Waals surface area contributed by atoms with E-state index < -0.39 is 0 Å². The minimum atomic E-state index is 0.304. The van der Waals surface area contributed by atoms with Crippen molar-refractivity contribution in [1.82, 2.24) is 5.32 Å². The minimum Gasteiger partial charge on any atom is -0.493 e. The fourth-order valence-corrected chi connectivity index (χ4v) is 3.08. The lowest BCUT2D eigenvalue weighted by atomic mass is 9.90. The van der Waals surface area contributed by atoms with Gasteiger partial charge in [-0.15, -0.1) is 0 Å². The van der Waals surface area contributed by atoms with Crippen LogP contribution in [0.1, 0.15) is 50.6 Å². The Bertz CT molecular complexity index is 402. The predicted molar refractivity (Wildman–Crippen MR) is 83.7 cm³/mol. The molecule has 0 aliphatic heterocycles. The van der Waals surface area contributed by atoms with Crippen LogP contribution in [0.2, 0.25) is 0 Å². The van der Waals surface area contributed by atoms with E-state index in [0.29, 0.717) is 6.04 Å². The first kappa shape index (κ1) is 14.9. The fourth-order valence-electron chi connectivity index (χ4n) is 2.71. The highest BCUT2D eigenvalue weighted by Gasteiger charge is 2.16. The maximum Gasteiger partial charge on any atom is 0.124 e. The third-order valence-corrected chi connectivity index (χ3v) is 4.56. The SMILES string of the molecule is CNC(C)c1cc(Br)ccc1OCC1CCCCC1. The average molecular weight is 326 g/mol. The van der Waals surface area contributed by atoms with E-state index in [2.05, 4.69) is 46.4 Å². The molecule has 0 heterocycles. The zero-order chi connectivity index (χ0) is 13.7. The van der Waals surface area contributed by atoms with Gasteiger partial charge in [0.15, 0.2) is 0 Å². The van der Waals surface area contributed by atoms with Crippen LogP contribution in [0.25, 0.3) is 0 Å². The first-order valence-corrected chi connectivity index (χ1v) is 8.09. The van der Waals surface area contributed by atoms with Crippen molar-refractivity contribution in [2.24, 2.45) is 5.92 Å². The van der Waals surface area contributed by atoms with Gasteiger partial charge < -0.3 is 10.1 Å². The van der Waals surface area contributed by atoms with Crippen molar-refractivity contribution in [3.8, 4) is 5.75 Å². The molecule has 1 N–H and O–H groups in total. The van der Waals surface area contributed by atoms with Crippen molar-refractivity contribution >= 4 is 15.9 Å². The quantitative estimate of drug-likeness (QED) is 0.848. The summed E-state index contributed by atoms with van der Waals surface area (Å²) in [5.74, 6) is 1.77. The molecule has 19 heavy (non-hydrogen) atoms. The van der Waals surface area contributed by atoms with Crippen LogP contribution in [-0.2, 0) is 0 Å². The highest BCUT2D eigenvalue weighted by atomic mass is 79.9. The first-order valence-electron chi connectivity index (χ1n) is 7.30. The lowest BCUT2D eigenvalue weighted by Gasteiger charge is -2.23. The Morgan fingerprint density at radius 1 is 1.32 bits per heavy atom. The molecule has 0 aromatic heterocycles. The maximum atomic E-state index is 6.09. The lowest BCUT2D eigenvalue weighted by Crippen LogP contribution is -2.18. The Morgan fingerprint density at radius 3 is 2.74 bits per heavy atom. The van der Waals surface area contributed by atoms with E-state index in [1.54, 1.807) is 0 Å². The summed E-state index contributed by atoms with van der Waals surface area (Å²) in [5, 5.41) is 3.29. The second kappa shape index (κ2) is 7.30. The summed E-state index contributed by atoms with van der Waals surface area (Å²) in [6.45, 7) is 3.03. The molecule has 0 radical (unpaired) electrons. The van der Waals surface area contributed by atoms with Crippen LogP contribution < -0.4 is 10.1 Å². The predicted octanol–water partition coefficient (Wildman–Crippen LogP) is 4.69. The van der Waals surface area contributed by atoms with Gasteiger partial charge in [-0.05, 0) is 50.9 Å². The molecule has 1 aliphatic rings. The Hall–Kier alpha value is -0.540. The third-order valence-electron chi connectivity index (χ3n) is 4.07. The molecule has 1 atom stereocenters. The van der Waals surface area contributed by atoms with Crippen molar-refractivity contribution in [1.29, 1.82) is 0 Å². The van der Waals surface area contributed by atoms with E-state index in [1.807, 2.05) is 7.05 Å². The van der Waals surface area contributed by atoms with Gasteiger partial charge in [0.2, 0.25) is 0 Å². The number of rotatable bonds is 5. The summed E-state index contributed by atoms with van der Waals surface area (Å²) in [7, 11) is 1.98. The van der Waals surface area contributed by atoms with Crippen molar-refractivity contribution in [3.63, 3.8) is 0 Å². The molecule has 1 unspecified atom stereocenters. The molecule has 2 nitrogen and oxygen atoms in total. The Labute approximate surface area is 125 Å². The third kappa shape index (κ3) is 4.22. The van der Waals surface area contributed by atoms with Crippen molar-refractivity contribution < 1.29 is 4.74 Å². The molecular weight excluding hydrogens is 302 g/mol. The van der Waals surface area contributed by atoms with E-state index in [-0.39, 0.29) is 0 Å². The summed E-state index contributed by atoms with van der Waals surface area (Å²) < 4.78 is 7.20. The smallest absolute Gasteiger partial charge is 0.124 e. The first-order chi connectivity index (χ1) is 9.20. The summed E-state index contributed by atoms with van der Waals surface area (Å²) in [5.41, 5.74) is 1.23. The van der Waals surface area contributed by atoms with E-state index in [0.717, 1.165) is 22.7 Å². The number of hydrogen-bond donors (Lipinski definition) is 1.